The molecular formula is C22H25ClN2O2S. The van der Waals surface area contributed by atoms with E-state index in [4.69, 9.17) is 11.6 Å². The Hall–Kier alpha value is -1.98. The maximum absolute atomic E-state index is 12.9. The molecule has 0 saturated carbocycles. The molecule has 148 valence electrons. The summed E-state index contributed by atoms with van der Waals surface area (Å²) in [6.07, 6.45) is 3.93. The molecule has 1 fully saturated rings. The van der Waals surface area contributed by atoms with Gasteiger partial charge in [0.2, 0.25) is 5.91 Å². The Kier molecular flexibility index (Phi) is 7.40. The second-order valence-electron chi connectivity index (χ2n) is 6.86. The van der Waals surface area contributed by atoms with Gasteiger partial charge in [-0.1, -0.05) is 30.7 Å². The van der Waals surface area contributed by atoms with Crippen LogP contribution in [0.25, 0.3) is 0 Å². The molecule has 2 aromatic carbocycles. The maximum atomic E-state index is 12.9. The zero-order valence-electron chi connectivity index (χ0n) is 16.0. The number of halogens is 1. The van der Waals surface area contributed by atoms with Gasteiger partial charge in [0.15, 0.2) is 0 Å². The molecule has 0 unspecified atom stereocenters. The molecule has 2 amide bonds. The Morgan fingerprint density at radius 2 is 1.75 bits per heavy atom. The predicted molar refractivity (Wildman–Crippen MR) is 116 cm³/mol. The van der Waals surface area contributed by atoms with E-state index in [9.17, 15) is 9.59 Å². The summed E-state index contributed by atoms with van der Waals surface area (Å²) < 4.78 is 0. The smallest absolute Gasteiger partial charge is 0.255 e. The lowest BCUT2D eigenvalue weighted by Crippen LogP contribution is -2.36. The Balaban J connectivity index is 1.72. The first-order valence-electron chi connectivity index (χ1n) is 9.70. The minimum Gasteiger partial charge on any atom is -0.339 e. The van der Waals surface area contributed by atoms with Gasteiger partial charge in [-0.15, -0.1) is 11.8 Å². The van der Waals surface area contributed by atoms with Crippen molar-refractivity contribution >= 4 is 40.9 Å². The highest BCUT2D eigenvalue weighted by molar-refractivity contribution is 8.00. The number of benzene rings is 2. The minimum atomic E-state index is -0.251. The van der Waals surface area contributed by atoms with Crippen molar-refractivity contribution in [3.05, 3.63) is 59.1 Å². The fourth-order valence-corrected chi connectivity index (χ4v) is 4.34. The fraction of sp³-hybridized carbons (Fsp3) is 0.364. The van der Waals surface area contributed by atoms with Crippen molar-refractivity contribution in [2.45, 2.75) is 42.8 Å². The third kappa shape index (κ3) is 5.30. The van der Waals surface area contributed by atoms with Crippen LogP contribution in [-0.4, -0.2) is 35.1 Å². The second-order valence-corrected chi connectivity index (χ2v) is 8.57. The van der Waals surface area contributed by atoms with Gasteiger partial charge in [-0.25, -0.2) is 0 Å². The van der Waals surface area contributed by atoms with E-state index in [1.54, 1.807) is 12.1 Å². The van der Waals surface area contributed by atoms with E-state index in [1.807, 2.05) is 48.2 Å². The Morgan fingerprint density at radius 3 is 2.43 bits per heavy atom. The van der Waals surface area contributed by atoms with Crippen molar-refractivity contribution in [3.8, 4) is 0 Å². The number of nitrogens with one attached hydrogen (secondary N) is 1. The zero-order chi connectivity index (χ0) is 19.9. The van der Waals surface area contributed by atoms with Gasteiger partial charge in [-0.2, -0.15) is 0 Å². The topological polar surface area (TPSA) is 49.4 Å². The molecule has 0 aliphatic carbocycles. The number of hydrogen-bond acceptors (Lipinski definition) is 3. The Labute approximate surface area is 175 Å². The largest absolute Gasteiger partial charge is 0.339 e. The lowest BCUT2D eigenvalue weighted by Gasteiger charge is -2.27. The summed E-state index contributed by atoms with van der Waals surface area (Å²) >= 11 is 7.44. The molecule has 1 N–H and O–H groups in total. The van der Waals surface area contributed by atoms with Gasteiger partial charge in [-0.3, -0.25) is 9.59 Å². The highest BCUT2D eigenvalue weighted by atomic mass is 35.5. The van der Waals surface area contributed by atoms with E-state index in [2.05, 4.69) is 5.32 Å². The number of piperidine rings is 1. The molecular weight excluding hydrogens is 392 g/mol. The number of amides is 2. The van der Waals surface area contributed by atoms with Crippen LogP contribution in [0.2, 0.25) is 5.02 Å². The minimum absolute atomic E-state index is 0.00555. The van der Waals surface area contributed by atoms with E-state index in [0.29, 0.717) is 22.7 Å². The summed E-state index contributed by atoms with van der Waals surface area (Å²) in [6.45, 7) is 3.55. The number of thioether (sulfide) groups is 1. The van der Waals surface area contributed by atoms with E-state index in [1.165, 1.54) is 18.2 Å². The number of para-hydroxylation sites is 1. The normalized spacial score (nSPS) is 15.1. The van der Waals surface area contributed by atoms with Crippen LogP contribution in [0.1, 0.15) is 43.0 Å². The fourth-order valence-electron chi connectivity index (χ4n) is 3.26. The lowest BCUT2D eigenvalue weighted by atomic mass is 10.1. The molecule has 0 bridgehead atoms. The number of carbonyl (C=O) groups excluding carboxylic acids is 2. The summed E-state index contributed by atoms with van der Waals surface area (Å²) in [5.74, 6) is -0.102. The number of rotatable bonds is 6. The van der Waals surface area contributed by atoms with Crippen LogP contribution in [-0.2, 0) is 4.79 Å². The zero-order valence-corrected chi connectivity index (χ0v) is 17.6. The van der Waals surface area contributed by atoms with Gasteiger partial charge in [0.05, 0.1) is 16.5 Å². The molecule has 3 rings (SSSR count). The SMILES string of the molecule is CC[C@H](Sc1ccc(Cl)cc1)C(=O)Nc1ccccc1C(=O)N1CCCCC1. The van der Waals surface area contributed by atoms with Crippen molar-refractivity contribution in [2.75, 3.05) is 18.4 Å². The maximum Gasteiger partial charge on any atom is 0.255 e. The number of anilines is 1. The van der Waals surface area contributed by atoms with Crippen molar-refractivity contribution in [1.29, 1.82) is 0 Å². The number of hydrogen-bond donors (Lipinski definition) is 1. The molecule has 6 heteroatoms. The summed E-state index contributed by atoms with van der Waals surface area (Å²) in [5, 5.41) is 3.40. The van der Waals surface area contributed by atoms with Gasteiger partial charge in [-0.05, 0) is 62.1 Å². The molecule has 1 saturated heterocycles. The first kappa shape index (κ1) is 20.7. The van der Waals surface area contributed by atoms with Crippen molar-refractivity contribution < 1.29 is 9.59 Å². The molecule has 0 aromatic heterocycles. The van der Waals surface area contributed by atoms with Crippen molar-refractivity contribution in [2.24, 2.45) is 0 Å². The predicted octanol–water partition coefficient (Wildman–Crippen LogP) is 5.48. The summed E-state index contributed by atoms with van der Waals surface area (Å²) in [4.78, 5) is 28.7. The number of carbonyl (C=O) groups is 2. The van der Waals surface area contributed by atoms with Gasteiger partial charge < -0.3 is 10.2 Å². The Bertz CT molecular complexity index is 820. The average molecular weight is 417 g/mol. The van der Waals surface area contributed by atoms with Crippen LogP contribution in [0.5, 0.6) is 0 Å². The average Bonchev–Trinajstić information content (AvgIpc) is 2.73. The van der Waals surface area contributed by atoms with Crippen molar-refractivity contribution in [1.82, 2.24) is 4.90 Å². The van der Waals surface area contributed by atoms with Crippen LogP contribution in [0, 0.1) is 0 Å². The third-order valence-corrected chi connectivity index (χ3v) is 6.44. The molecule has 2 aromatic rings. The van der Waals surface area contributed by atoms with Crippen LogP contribution in [0.4, 0.5) is 5.69 Å². The monoisotopic (exact) mass is 416 g/mol. The van der Waals surface area contributed by atoms with Crippen LogP contribution < -0.4 is 5.32 Å². The first-order valence-corrected chi connectivity index (χ1v) is 11.0. The van der Waals surface area contributed by atoms with Crippen LogP contribution >= 0.6 is 23.4 Å². The van der Waals surface area contributed by atoms with Gasteiger partial charge in [0.25, 0.3) is 5.91 Å². The summed E-state index contributed by atoms with van der Waals surface area (Å²) in [7, 11) is 0. The lowest BCUT2D eigenvalue weighted by molar-refractivity contribution is -0.115. The molecule has 4 nitrogen and oxygen atoms in total. The molecule has 0 radical (unpaired) electrons. The number of likely N-dealkylation sites (tertiary alicyclic amines) is 1. The highest BCUT2D eigenvalue weighted by Crippen LogP contribution is 2.28. The van der Waals surface area contributed by atoms with Gasteiger partial charge in [0.1, 0.15) is 0 Å². The molecule has 1 aliphatic heterocycles. The van der Waals surface area contributed by atoms with Gasteiger partial charge in [0, 0.05) is 23.0 Å². The highest BCUT2D eigenvalue weighted by Gasteiger charge is 2.23. The van der Waals surface area contributed by atoms with Gasteiger partial charge >= 0.3 is 0 Å². The summed E-state index contributed by atoms with van der Waals surface area (Å²) in [6, 6.07) is 14.7. The molecule has 0 spiro atoms. The first-order chi connectivity index (χ1) is 13.6. The van der Waals surface area contributed by atoms with E-state index < -0.39 is 0 Å². The quantitative estimate of drug-likeness (QED) is 0.634. The molecule has 1 heterocycles. The second kappa shape index (κ2) is 9.99. The van der Waals surface area contributed by atoms with Crippen LogP contribution in [0.15, 0.2) is 53.4 Å². The van der Waals surface area contributed by atoms with E-state index >= 15 is 0 Å². The van der Waals surface area contributed by atoms with Crippen molar-refractivity contribution in [3.63, 3.8) is 0 Å². The third-order valence-electron chi connectivity index (χ3n) is 4.81. The molecule has 1 atom stereocenters. The molecule has 1 aliphatic rings. The summed E-state index contributed by atoms with van der Waals surface area (Å²) in [5.41, 5.74) is 1.14. The Morgan fingerprint density at radius 1 is 1.07 bits per heavy atom. The van der Waals surface area contributed by atoms with E-state index in [-0.39, 0.29) is 17.1 Å². The number of nitrogens with zero attached hydrogens (tertiary/aromatic N) is 1. The standard InChI is InChI=1S/C22H25ClN2O2S/c1-2-20(28-17-12-10-16(23)11-13-17)21(26)24-19-9-5-4-8-18(19)22(27)25-14-6-3-7-15-25/h4-5,8-13,20H,2-3,6-7,14-15H2,1H3,(H,24,26)/t20-/m0/s1. The molecule has 28 heavy (non-hydrogen) atoms. The van der Waals surface area contributed by atoms with E-state index in [0.717, 1.165) is 30.8 Å². The van der Waals surface area contributed by atoms with Crippen LogP contribution in [0.3, 0.4) is 0 Å².